The fourth-order valence-corrected chi connectivity index (χ4v) is 4.44. The van der Waals surface area contributed by atoms with E-state index in [0.717, 1.165) is 21.9 Å². The van der Waals surface area contributed by atoms with Crippen molar-refractivity contribution in [2.24, 2.45) is 5.92 Å². The van der Waals surface area contributed by atoms with Gasteiger partial charge in [0.15, 0.2) is 0 Å². The Hall–Kier alpha value is -3.76. The minimum Gasteiger partial charge on any atom is -0.480 e. The van der Waals surface area contributed by atoms with Gasteiger partial charge in [0.1, 0.15) is 18.1 Å². The first kappa shape index (κ1) is 29.8. The lowest BCUT2D eigenvalue weighted by molar-refractivity contribution is -0.148. The van der Waals surface area contributed by atoms with Crippen LogP contribution in [0.2, 0.25) is 0 Å². The molecule has 0 saturated carbocycles. The van der Waals surface area contributed by atoms with Gasteiger partial charge in [-0.2, -0.15) is 0 Å². The summed E-state index contributed by atoms with van der Waals surface area (Å²) >= 11 is 0. The Morgan fingerprint density at radius 2 is 1.77 bits per heavy atom. The Bertz CT molecular complexity index is 1240. The van der Waals surface area contributed by atoms with Gasteiger partial charge >= 0.3 is 5.97 Å². The number of aliphatic hydroxyl groups excluding tert-OH is 1. The molecule has 3 rings (SSSR count). The minimum atomic E-state index is -1.04. The number of carboxylic acid groups (broad SMARTS) is 1. The van der Waals surface area contributed by atoms with Gasteiger partial charge in [0.2, 0.25) is 11.8 Å². The third kappa shape index (κ3) is 8.11. The van der Waals surface area contributed by atoms with Crippen molar-refractivity contribution >= 4 is 40.5 Å². The molecule has 2 aromatic rings. The number of hydrogen-bond donors (Lipinski definition) is 5. The van der Waals surface area contributed by atoms with Crippen LogP contribution in [0.3, 0.4) is 0 Å². The maximum atomic E-state index is 12.9. The van der Waals surface area contributed by atoms with E-state index in [4.69, 9.17) is 0 Å². The van der Waals surface area contributed by atoms with Crippen LogP contribution in [0.4, 0.5) is 0 Å². The Labute approximate surface area is 228 Å². The fourth-order valence-electron chi connectivity index (χ4n) is 4.44. The second-order valence-electron chi connectivity index (χ2n) is 10.3. The van der Waals surface area contributed by atoms with E-state index in [9.17, 15) is 29.4 Å². The van der Waals surface area contributed by atoms with Crippen LogP contribution in [0.1, 0.15) is 64.2 Å². The number of carbonyl (C=O) groups excluding carboxylic acids is 3. The van der Waals surface area contributed by atoms with E-state index in [1.165, 1.54) is 11.9 Å². The average molecular weight is 539 g/mol. The predicted molar refractivity (Wildman–Crippen MR) is 148 cm³/mol. The van der Waals surface area contributed by atoms with Crippen LogP contribution in [-0.4, -0.2) is 63.6 Å². The number of nitrogens with zero attached hydrogens (tertiary/aromatic N) is 1. The third-order valence-electron chi connectivity index (χ3n) is 6.73. The van der Waals surface area contributed by atoms with Gasteiger partial charge in [-0.15, -0.1) is 0 Å². The standard InChI is InChI=1S/C29H38N4O6/c1-17(2)26(27(36)30-18(3)28(37)33-14-6-8-24(32-33)29(38)39)31-25(35)9-5-7-20-10-11-21-12-13-22(19(4)34)16-23(21)15-20/h5,7,10-13,15-19,24,26,32,34H,6,8-9,14H2,1-4H3,(H,30,36)(H,31,35)(H,38,39)/b7-5+/t18-,19+,24-,26-/m0/s1. The number of carbonyl (C=O) groups is 4. The van der Waals surface area contributed by atoms with Crippen LogP contribution in [0.15, 0.2) is 42.5 Å². The van der Waals surface area contributed by atoms with Crippen molar-refractivity contribution in [3.8, 4) is 0 Å². The molecular weight excluding hydrogens is 500 g/mol. The predicted octanol–water partition coefficient (Wildman–Crippen LogP) is 2.52. The number of hydrogen-bond acceptors (Lipinski definition) is 6. The molecule has 0 unspecified atom stereocenters. The Kier molecular flexibility index (Phi) is 10.2. The van der Waals surface area contributed by atoms with Gasteiger partial charge in [0, 0.05) is 13.0 Å². The highest BCUT2D eigenvalue weighted by atomic mass is 16.4. The maximum Gasteiger partial charge on any atom is 0.322 e. The molecule has 0 bridgehead atoms. The van der Waals surface area contributed by atoms with Crippen LogP contribution >= 0.6 is 0 Å². The van der Waals surface area contributed by atoms with Crippen molar-refractivity contribution in [1.29, 1.82) is 0 Å². The molecule has 5 N–H and O–H groups in total. The number of benzene rings is 2. The Balaban J connectivity index is 1.56. The van der Waals surface area contributed by atoms with Crippen molar-refractivity contribution in [1.82, 2.24) is 21.1 Å². The first-order chi connectivity index (χ1) is 18.5. The first-order valence-corrected chi connectivity index (χ1v) is 13.2. The number of amides is 3. The second-order valence-corrected chi connectivity index (χ2v) is 10.3. The molecule has 2 aromatic carbocycles. The molecule has 0 spiro atoms. The summed E-state index contributed by atoms with van der Waals surface area (Å²) in [6.07, 6.45) is 4.00. The van der Waals surface area contributed by atoms with Crippen molar-refractivity contribution in [3.63, 3.8) is 0 Å². The molecule has 1 aliphatic heterocycles. The molecule has 1 saturated heterocycles. The lowest BCUT2D eigenvalue weighted by atomic mass is 10.0. The molecule has 0 radical (unpaired) electrons. The summed E-state index contributed by atoms with van der Waals surface area (Å²) in [5.74, 6) is -2.53. The zero-order valence-electron chi connectivity index (χ0n) is 22.8. The normalized spacial score (nSPS) is 18.1. The number of hydrazine groups is 1. The average Bonchev–Trinajstić information content (AvgIpc) is 2.90. The molecule has 1 fully saturated rings. The number of aliphatic carboxylic acids is 1. The molecule has 10 nitrogen and oxygen atoms in total. The highest BCUT2D eigenvalue weighted by Crippen LogP contribution is 2.22. The number of nitrogens with one attached hydrogen (secondary N) is 3. The molecule has 210 valence electrons. The molecule has 10 heteroatoms. The van der Waals surface area contributed by atoms with Gasteiger partial charge in [-0.25, -0.2) is 5.43 Å². The quantitative estimate of drug-likeness (QED) is 0.312. The summed E-state index contributed by atoms with van der Waals surface area (Å²) in [5.41, 5.74) is 4.42. The van der Waals surface area contributed by atoms with Crippen LogP contribution in [-0.2, 0) is 19.2 Å². The van der Waals surface area contributed by atoms with Crippen LogP contribution < -0.4 is 16.1 Å². The molecular formula is C29H38N4O6. The zero-order chi connectivity index (χ0) is 28.7. The summed E-state index contributed by atoms with van der Waals surface area (Å²) < 4.78 is 0. The van der Waals surface area contributed by atoms with E-state index in [2.05, 4.69) is 16.1 Å². The lowest BCUT2D eigenvalue weighted by Gasteiger charge is -2.34. The van der Waals surface area contributed by atoms with Crippen molar-refractivity contribution in [2.75, 3.05) is 6.54 Å². The highest BCUT2D eigenvalue weighted by molar-refractivity contribution is 5.92. The zero-order valence-corrected chi connectivity index (χ0v) is 22.8. The summed E-state index contributed by atoms with van der Waals surface area (Å²) in [5, 5.41) is 27.7. The summed E-state index contributed by atoms with van der Waals surface area (Å²) in [6.45, 7) is 7.19. The molecule has 1 heterocycles. The van der Waals surface area contributed by atoms with Crippen molar-refractivity contribution < 1.29 is 29.4 Å². The Morgan fingerprint density at radius 3 is 2.44 bits per heavy atom. The highest BCUT2D eigenvalue weighted by Gasteiger charge is 2.32. The van der Waals surface area contributed by atoms with E-state index in [1.54, 1.807) is 26.8 Å². The lowest BCUT2D eigenvalue weighted by Crippen LogP contribution is -2.60. The Morgan fingerprint density at radius 1 is 1.05 bits per heavy atom. The maximum absolute atomic E-state index is 12.9. The number of rotatable bonds is 10. The van der Waals surface area contributed by atoms with Gasteiger partial charge in [0.25, 0.3) is 5.91 Å². The van der Waals surface area contributed by atoms with Gasteiger partial charge in [-0.05, 0) is 66.6 Å². The number of fused-ring (bicyclic) bond motifs is 1. The molecule has 39 heavy (non-hydrogen) atoms. The number of carboxylic acids is 1. The first-order valence-electron chi connectivity index (χ1n) is 13.2. The van der Waals surface area contributed by atoms with E-state index in [-0.39, 0.29) is 18.2 Å². The molecule has 3 amide bonds. The fraction of sp³-hybridized carbons (Fsp3) is 0.448. The van der Waals surface area contributed by atoms with Crippen LogP contribution in [0, 0.1) is 5.92 Å². The second kappa shape index (κ2) is 13.3. The van der Waals surface area contributed by atoms with E-state index in [0.29, 0.717) is 19.4 Å². The minimum absolute atomic E-state index is 0.0605. The smallest absolute Gasteiger partial charge is 0.322 e. The summed E-state index contributed by atoms with van der Waals surface area (Å²) in [7, 11) is 0. The van der Waals surface area contributed by atoms with Gasteiger partial charge in [-0.1, -0.05) is 50.3 Å². The van der Waals surface area contributed by atoms with Gasteiger partial charge in [0.05, 0.1) is 6.10 Å². The molecule has 1 aliphatic rings. The van der Waals surface area contributed by atoms with E-state index >= 15 is 0 Å². The molecule has 4 atom stereocenters. The van der Waals surface area contributed by atoms with Crippen LogP contribution in [0.25, 0.3) is 16.8 Å². The topological polar surface area (TPSA) is 148 Å². The summed E-state index contributed by atoms with van der Waals surface area (Å²) in [4.78, 5) is 49.6. The van der Waals surface area contributed by atoms with Crippen molar-refractivity contribution in [2.45, 2.75) is 71.2 Å². The number of aliphatic hydroxyl groups is 1. The molecule has 0 aromatic heterocycles. The van der Waals surface area contributed by atoms with Gasteiger partial charge < -0.3 is 20.8 Å². The van der Waals surface area contributed by atoms with Crippen LogP contribution in [0.5, 0.6) is 0 Å². The van der Waals surface area contributed by atoms with E-state index in [1.807, 2.05) is 42.5 Å². The molecule has 0 aliphatic carbocycles. The summed E-state index contributed by atoms with van der Waals surface area (Å²) in [6, 6.07) is 9.09. The van der Waals surface area contributed by atoms with Crippen molar-refractivity contribution in [3.05, 3.63) is 53.6 Å². The SMILES string of the molecule is CC(C)[C@H](NC(=O)C/C=C/c1ccc2ccc([C@@H](C)O)cc2c1)C(=O)N[C@@H](C)C(=O)N1CCC[C@@H](C(=O)O)N1. The van der Waals surface area contributed by atoms with Gasteiger partial charge in [-0.3, -0.25) is 24.2 Å². The third-order valence-corrected chi connectivity index (χ3v) is 6.73. The monoisotopic (exact) mass is 538 g/mol. The van der Waals surface area contributed by atoms with E-state index < -0.39 is 42.0 Å². The largest absolute Gasteiger partial charge is 0.480 e.